The lowest BCUT2D eigenvalue weighted by atomic mass is 9.96. The molecule has 0 unspecified atom stereocenters. The summed E-state index contributed by atoms with van der Waals surface area (Å²) in [5, 5.41) is 0. The van der Waals surface area contributed by atoms with Crippen molar-refractivity contribution < 1.29 is 9.59 Å². The summed E-state index contributed by atoms with van der Waals surface area (Å²) in [4.78, 5) is 25.6. The van der Waals surface area contributed by atoms with Gasteiger partial charge in [-0.2, -0.15) is 0 Å². The van der Waals surface area contributed by atoms with Crippen molar-refractivity contribution in [3.8, 4) is 0 Å². The third-order valence-corrected chi connectivity index (χ3v) is 3.47. The maximum Gasteiger partial charge on any atom is 0.243 e. The molecule has 1 heterocycles. The zero-order chi connectivity index (χ0) is 15.6. The Hall–Kier alpha value is -2.04. The number of hydrogen-bond donors (Lipinski definition) is 2. The Morgan fingerprint density at radius 3 is 2.67 bits per heavy atom. The molecule has 0 atom stereocenters. The van der Waals surface area contributed by atoms with Crippen LogP contribution in [0.25, 0.3) is 0 Å². The average Bonchev–Trinajstić information content (AvgIpc) is 2.71. The molecule has 114 valence electrons. The fraction of sp³-hybridized carbons (Fsp3) is 0.500. The van der Waals surface area contributed by atoms with E-state index >= 15 is 0 Å². The number of fused-ring (bicyclic) bond motifs is 1. The molecule has 5 heteroatoms. The van der Waals surface area contributed by atoms with Crippen LogP contribution in [0.2, 0.25) is 0 Å². The minimum Gasteiger partial charge on any atom is -0.312 e. The first-order chi connectivity index (χ1) is 9.82. The van der Waals surface area contributed by atoms with Crippen molar-refractivity contribution in [1.29, 1.82) is 0 Å². The van der Waals surface area contributed by atoms with E-state index in [0.29, 0.717) is 6.42 Å². The fourth-order valence-corrected chi connectivity index (χ4v) is 2.22. The number of amides is 2. The van der Waals surface area contributed by atoms with Gasteiger partial charge in [0.1, 0.15) is 0 Å². The van der Waals surface area contributed by atoms with Crippen LogP contribution in [0.3, 0.4) is 0 Å². The number of hydrazine groups is 1. The second-order valence-corrected chi connectivity index (χ2v) is 6.39. The molecule has 0 saturated carbocycles. The van der Waals surface area contributed by atoms with Gasteiger partial charge in [0, 0.05) is 17.6 Å². The zero-order valence-electron chi connectivity index (χ0n) is 13.1. The predicted molar refractivity (Wildman–Crippen MR) is 84.0 cm³/mol. The monoisotopic (exact) mass is 289 g/mol. The number of rotatable bonds is 4. The largest absolute Gasteiger partial charge is 0.312 e. The first kappa shape index (κ1) is 15.4. The number of anilines is 2. The van der Waals surface area contributed by atoms with Crippen molar-refractivity contribution in [2.75, 3.05) is 16.9 Å². The number of nitrogens with zero attached hydrogens (tertiary/aromatic N) is 1. The number of hydrogen-bond acceptors (Lipinski definition) is 3. The van der Waals surface area contributed by atoms with Gasteiger partial charge in [0.25, 0.3) is 0 Å². The first-order valence-electron chi connectivity index (χ1n) is 7.32. The van der Waals surface area contributed by atoms with Gasteiger partial charge in [0.2, 0.25) is 11.8 Å². The fourth-order valence-electron chi connectivity index (χ4n) is 2.22. The summed E-state index contributed by atoms with van der Waals surface area (Å²) < 4.78 is 0. The molecular formula is C16H23N3O2. The molecule has 21 heavy (non-hydrogen) atoms. The van der Waals surface area contributed by atoms with Crippen molar-refractivity contribution in [2.45, 2.75) is 40.5 Å². The van der Waals surface area contributed by atoms with Crippen molar-refractivity contribution in [1.82, 2.24) is 5.43 Å². The molecule has 2 rings (SSSR count). The van der Waals surface area contributed by atoms with Crippen LogP contribution in [0.4, 0.5) is 11.4 Å². The van der Waals surface area contributed by atoms with Crippen LogP contribution in [0.1, 0.15) is 39.7 Å². The minimum atomic E-state index is -0.450. The van der Waals surface area contributed by atoms with Gasteiger partial charge >= 0.3 is 0 Å². The van der Waals surface area contributed by atoms with Gasteiger partial charge in [-0.25, -0.2) is 0 Å². The third-order valence-electron chi connectivity index (χ3n) is 3.47. The number of benzene rings is 1. The maximum atomic E-state index is 12.0. The van der Waals surface area contributed by atoms with Gasteiger partial charge in [-0.15, -0.1) is 0 Å². The number of carbonyl (C=O) groups is 2. The highest BCUT2D eigenvalue weighted by Crippen LogP contribution is 2.31. The molecule has 1 aromatic rings. The second-order valence-electron chi connectivity index (χ2n) is 6.39. The highest BCUT2D eigenvalue weighted by Gasteiger charge is 2.27. The first-order valence-corrected chi connectivity index (χ1v) is 7.32. The highest BCUT2D eigenvalue weighted by atomic mass is 16.2. The summed E-state index contributed by atoms with van der Waals surface area (Å²) in [6.45, 7) is 8.34. The van der Waals surface area contributed by atoms with E-state index in [1.807, 2.05) is 43.9 Å². The van der Waals surface area contributed by atoms with Crippen LogP contribution < -0.4 is 15.8 Å². The summed E-state index contributed by atoms with van der Waals surface area (Å²) >= 11 is 0. The summed E-state index contributed by atoms with van der Waals surface area (Å²) in [5.74, 6) is 0.0622. The van der Waals surface area contributed by atoms with Gasteiger partial charge in [-0.3, -0.25) is 20.4 Å². The normalized spacial score (nSPS) is 14.1. The highest BCUT2D eigenvalue weighted by molar-refractivity contribution is 6.02. The average molecular weight is 289 g/mol. The van der Waals surface area contributed by atoms with Crippen LogP contribution in [-0.4, -0.2) is 18.4 Å². The summed E-state index contributed by atoms with van der Waals surface area (Å²) in [7, 11) is 0. The lowest BCUT2D eigenvalue weighted by molar-refractivity contribution is -0.128. The Morgan fingerprint density at radius 1 is 1.33 bits per heavy atom. The maximum absolute atomic E-state index is 12.0. The van der Waals surface area contributed by atoms with Gasteiger partial charge in [0.15, 0.2) is 0 Å². The van der Waals surface area contributed by atoms with Crippen LogP contribution >= 0.6 is 0 Å². The standard InChI is InChI=1S/C16H23N3O2/c1-5-8-19-13-10-12(7-6-11(13)9-14(19)20)17-18-15(21)16(2,3)4/h6-7,10,17H,5,8-9H2,1-4H3,(H,18,21). The van der Waals surface area contributed by atoms with Crippen molar-refractivity contribution >= 4 is 23.2 Å². The molecule has 0 fully saturated rings. The van der Waals surface area contributed by atoms with Gasteiger partial charge < -0.3 is 4.90 Å². The molecule has 1 aromatic carbocycles. The molecule has 1 aliphatic heterocycles. The summed E-state index contributed by atoms with van der Waals surface area (Å²) in [6, 6.07) is 5.73. The Kier molecular flexibility index (Phi) is 4.21. The molecule has 0 spiro atoms. The Balaban J connectivity index is 2.11. The zero-order valence-corrected chi connectivity index (χ0v) is 13.1. The second kappa shape index (κ2) is 5.76. The van der Waals surface area contributed by atoms with E-state index in [0.717, 1.165) is 29.9 Å². The smallest absolute Gasteiger partial charge is 0.243 e. The van der Waals surface area contributed by atoms with E-state index < -0.39 is 5.41 Å². The van der Waals surface area contributed by atoms with E-state index in [1.165, 1.54) is 0 Å². The molecule has 0 saturated heterocycles. The molecule has 5 nitrogen and oxygen atoms in total. The van der Waals surface area contributed by atoms with Crippen LogP contribution in [0.15, 0.2) is 18.2 Å². The van der Waals surface area contributed by atoms with Crippen LogP contribution in [0.5, 0.6) is 0 Å². The quantitative estimate of drug-likeness (QED) is 0.837. The van der Waals surface area contributed by atoms with Crippen molar-refractivity contribution in [2.24, 2.45) is 5.41 Å². The molecule has 0 radical (unpaired) electrons. The van der Waals surface area contributed by atoms with Crippen LogP contribution in [0, 0.1) is 5.41 Å². The third kappa shape index (κ3) is 3.35. The minimum absolute atomic E-state index is 0.0792. The van der Waals surface area contributed by atoms with E-state index in [9.17, 15) is 9.59 Å². The SMILES string of the molecule is CCCN1C(=O)Cc2ccc(NNC(=O)C(C)(C)C)cc21. The molecule has 1 aliphatic rings. The van der Waals surface area contributed by atoms with Gasteiger partial charge in [-0.05, 0) is 24.1 Å². The lowest BCUT2D eigenvalue weighted by Crippen LogP contribution is -2.38. The van der Waals surface area contributed by atoms with Gasteiger partial charge in [0.05, 0.1) is 12.1 Å². The molecule has 2 N–H and O–H groups in total. The topological polar surface area (TPSA) is 61.4 Å². The molecular weight excluding hydrogens is 266 g/mol. The molecule has 2 amide bonds. The molecule has 0 bridgehead atoms. The number of carbonyl (C=O) groups excluding carboxylic acids is 2. The van der Waals surface area contributed by atoms with E-state index in [1.54, 1.807) is 0 Å². The number of nitrogens with one attached hydrogen (secondary N) is 2. The van der Waals surface area contributed by atoms with E-state index in [4.69, 9.17) is 0 Å². The van der Waals surface area contributed by atoms with E-state index in [-0.39, 0.29) is 11.8 Å². The summed E-state index contributed by atoms with van der Waals surface area (Å²) in [6.07, 6.45) is 1.38. The Morgan fingerprint density at radius 2 is 2.05 bits per heavy atom. The van der Waals surface area contributed by atoms with E-state index in [2.05, 4.69) is 17.8 Å². The van der Waals surface area contributed by atoms with Gasteiger partial charge in [-0.1, -0.05) is 33.8 Å². The molecule has 0 aromatic heterocycles. The summed E-state index contributed by atoms with van der Waals surface area (Å²) in [5.41, 5.74) is 7.93. The lowest BCUT2D eigenvalue weighted by Gasteiger charge is -2.20. The Labute approximate surface area is 125 Å². The van der Waals surface area contributed by atoms with Crippen molar-refractivity contribution in [3.05, 3.63) is 23.8 Å². The Bertz CT molecular complexity index is 561. The van der Waals surface area contributed by atoms with Crippen molar-refractivity contribution in [3.63, 3.8) is 0 Å². The van der Waals surface area contributed by atoms with Crippen LogP contribution in [-0.2, 0) is 16.0 Å². The predicted octanol–water partition coefficient (Wildman–Crippen LogP) is 2.47. The molecule has 0 aliphatic carbocycles.